The van der Waals surface area contributed by atoms with Crippen LogP contribution in [0.1, 0.15) is 36.8 Å². The summed E-state index contributed by atoms with van der Waals surface area (Å²) in [4.78, 5) is 2.68. The van der Waals surface area contributed by atoms with E-state index in [0.29, 0.717) is 6.04 Å². The van der Waals surface area contributed by atoms with Gasteiger partial charge < -0.3 is 10.2 Å². The Hall–Kier alpha value is -0.380. The van der Waals surface area contributed by atoms with Gasteiger partial charge in [0.1, 0.15) is 0 Å². The molecule has 0 unspecified atom stereocenters. The van der Waals surface area contributed by atoms with Gasteiger partial charge in [0.2, 0.25) is 0 Å². The van der Waals surface area contributed by atoms with Gasteiger partial charge in [0.25, 0.3) is 0 Å². The van der Waals surface area contributed by atoms with Gasteiger partial charge in [-0.15, -0.1) is 0 Å². The van der Waals surface area contributed by atoms with Crippen molar-refractivity contribution in [3.8, 4) is 0 Å². The van der Waals surface area contributed by atoms with Gasteiger partial charge in [-0.3, -0.25) is 0 Å². The fourth-order valence-corrected chi connectivity index (χ4v) is 3.59. The number of nitrogens with one attached hydrogen (secondary N) is 1. The third kappa shape index (κ3) is 3.59. The predicted molar refractivity (Wildman–Crippen MR) is 83.3 cm³/mol. The first-order valence-corrected chi connectivity index (χ1v) is 8.24. The lowest BCUT2D eigenvalue weighted by Crippen LogP contribution is -2.43. The molecule has 1 heterocycles. The van der Waals surface area contributed by atoms with Crippen LogP contribution in [0.15, 0.2) is 22.7 Å². The average Bonchev–Trinajstić information content (AvgIpc) is 3.23. The topological polar surface area (TPSA) is 15.3 Å². The van der Waals surface area contributed by atoms with E-state index in [1.165, 1.54) is 54.4 Å². The number of piperidine rings is 1. The van der Waals surface area contributed by atoms with E-state index in [4.69, 9.17) is 0 Å². The molecule has 1 aromatic rings. The summed E-state index contributed by atoms with van der Waals surface area (Å²) < 4.78 is 1.23. The van der Waals surface area contributed by atoms with E-state index in [1.807, 2.05) is 0 Å². The molecule has 1 aliphatic carbocycles. The van der Waals surface area contributed by atoms with Crippen molar-refractivity contribution in [2.75, 3.05) is 13.1 Å². The first-order valence-electron chi connectivity index (χ1n) is 7.45. The van der Waals surface area contributed by atoms with Crippen molar-refractivity contribution in [1.29, 1.82) is 0 Å². The number of nitrogens with zero attached hydrogens (tertiary/aromatic N) is 1. The number of rotatable bonds is 4. The Kier molecular flexibility index (Phi) is 4.25. The van der Waals surface area contributed by atoms with Crippen LogP contribution in [0.3, 0.4) is 0 Å². The molecule has 0 aromatic heterocycles. The van der Waals surface area contributed by atoms with E-state index < -0.39 is 0 Å². The van der Waals surface area contributed by atoms with Crippen LogP contribution in [0.4, 0.5) is 0 Å². The van der Waals surface area contributed by atoms with Crippen molar-refractivity contribution in [2.45, 2.75) is 51.2 Å². The molecule has 0 spiro atoms. The van der Waals surface area contributed by atoms with Gasteiger partial charge in [-0.1, -0.05) is 28.1 Å². The molecule has 2 fully saturated rings. The number of aryl methyl sites for hydroxylation is 1. The molecule has 2 nitrogen and oxygen atoms in total. The third-order valence-corrected chi connectivity index (χ3v) is 5.12. The van der Waals surface area contributed by atoms with E-state index in [-0.39, 0.29) is 0 Å². The quantitative estimate of drug-likeness (QED) is 0.913. The molecule has 1 saturated heterocycles. The van der Waals surface area contributed by atoms with Crippen molar-refractivity contribution < 1.29 is 0 Å². The highest BCUT2D eigenvalue weighted by atomic mass is 79.9. The Balaban J connectivity index is 1.47. The van der Waals surface area contributed by atoms with Crippen LogP contribution in [0, 0.1) is 6.92 Å². The molecule has 19 heavy (non-hydrogen) atoms. The zero-order valence-electron chi connectivity index (χ0n) is 11.7. The Labute approximate surface area is 124 Å². The fourth-order valence-electron chi connectivity index (χ4n) is 2.96. The van der Waals surface area contributed by atoms with Gasteiger partial charge in [0, 0.05) is 23.1 Å². The zero-order chi connectivity index (χ0) is 13.2. The molecule has 0 bridgehead atoms. The van der Waals surface area contributed by atoms with Crippen molar-refractivity contribution in [3.05, 3.63) is 33.8 Å². The summed E-state index contributed by atoms with van der Waals surface area (Å²) in [5.74, 6) is 0. The van der Waals surface area contributed by atoms with E-state index in [1.54, 1.807) is 0 Å². The van der Waals surface area contributed by atoms with Crippen LogP contribution >= 0.6 is 15.9 Å². The van der Waals surface area contributed by atoms with E-state index in [0.717, 1.165) is 12.6 Å². The number of benzene rings is 1. The van der Waals surface area contributed by atoms with Crippen molar-refractivity contribution >= 4 is 15.9 Å². The summed E-state index contributed by atoms with van der Waals surface area (Å²) in [6.45, 7) is 5.69. The summed E-state index contributed by atoms with van der Waals surface area (Å²) in [5, 5.41) is 3.72. The van der Waals surface area contributed by atoms with Gasteiger partial charge in [-0.05, 0) is 62.9 Å². The standard InChI is InChI=1S/C16H23BrN2/c1-12-2-3-13(16(17)10-12)11-18-14-6-8-19(9-7-14)15-4-5-15/h2-3,10,14-15,18H,4-9,11H2,1H3. The first kappa shape index (κ1) is 13.6. The molecule has 1 N–H and O–H groups in total. The number of hydrogen-bond acceptors (Lipinski definition) is 2. The fraction of sp³-hybridized carbons (Fsp3) is 0.625. The maximum Gasteiger partial charge on any atom is 0.0222 e. The third-order valence-electron chi connectivity index (χ3n) is 4.38. The minimum atomic E-state index is 0.697. The van der Waals surface area contributed by atoms with Crippen LogP contribution in [0.25, 0.3) is 0 Å². The SMILES string of the molecule is Cc1ccc(CNC2CCN(C3CC3)CC2)c(Br)c1. The Morgan fingerprint density at radius 3 is 2.58 bits per heavy atom. The van der Waals surface area contributed by atoms with Gasteiger partial charge in [-0.25, -0.2) is 0 Å². The minimum absolute atomic E-state index is 0.697. The number of likely N-dealkylation sites (tertiary alicyclic amines) is 1. The predicted octanol–water partition coefficient (Wildman–Crippen LogP) is 3.47. The smallest absolute Gasteiger partial charge is 0.0222 e. The summed E-state index contributed by atoms with van der Waals surface area (Å²) in [6.07, 6.45) is 5.49. The summed E-state index contributed by atoms with van der Waals surface area (Å²) in [6, 6.07) is 8.26. The van der Waals surface area contributed by atoms with Gasteiger partial charge in [-0.2, -0.15) is 0 Å². The second-order valence-electron chi connectivity index (χ2n) is 6.02. The summed E-state index contributed by atoms with van der Waals surface area (Å²) >= 11 is 3.66. The Morgan fingerprint density at radius 1 is 1.21 bits per heavy atom. The van der Waals surface area contributed by atoms with E-state index in [2.05, 4.69) is 51.3 Å². The number of halogens is 1. The molecule has 3 heteroatoms. The molecule has 2 aliphatic rings. The van der Waals surface area contributed by atoms with E-state index in [9.17, 15) is 0 Å². The van der Waals surface area contributed by atoms with Crippen molar-refractivity contribution in [2.24, 2.45) is 0 Å². The lowest BCUT2D eigenvalue weighted by atomic mass is 10.0. The molecule has 1 saturated carbocycles. The van der Waals surface area contributed by atoms with Crippen molar-refractivity contribution in [3.63, 3.8) is 0 Å². The van der Waals surface area contributed by atoms with Crippen LogP contribution in [0.5, 0.6) is 0 Å². The first-order chi connectivity index (χ1) is 9.22. The second kappa shape index (κ2) is 5.94. The molecule has 0 atom stereocenters. The summed E-state index contributed by atoms with van der Waals surface area (Å²) in [7, 11) is 0. The minimum Gasteiger partial charge on any atom is -0.310 e. The summed E-state index contributed by atoms with van der Waals surface area (Å²) in [5.41, 5.74) is 2.68. The van der Waals surface area contributed by atoms with Crippen LogP contribution < -0.4 is 5.32 Å². The Morgan fingerprint density at radius 2 is 1.95 bits per heavy atom. The molecule has 1 aliphatic heterocycles. The lowest BCUT2D eigenvalue weighted by Gasteiger charge is -2.32. The van der Waals surface area contributed by atoms with E-state index >= 15 is 0 Å². The van der Waals surface area contributed by atoms with Gasteiger partial charge in [0.15, 0.2) is 0 Å². The maximum atomic E-state index is 3.72. The van der Waals surface area contributed by atoms with Crippen LogP contribution in [0.2, 0.25) is 0 Å². The highest BCUT2D eigenvalue weighted by Gasteiger charge is 2.31. The molecular formula is C16H23BrN2. The van der Waals surface area contributed by atoms with Crippen molar-refractivity contribution in [1.82, 2.24) is 10.2 Å². The highest BCUT2D eigenvalue weighted by Crippen LogP contribution is 2.29. The van der Waals surface area contributed by atoms with Gasteiger partial charge >= 0.3 is 0 Å². The molecule has 0 radical (unpaired) electrons. The molecular weight excluding hydrogens is 300 g/mol. The molecule has 0 amide bonds. The van der Waals surface area contributed by atoms with Crippen LogP contribution in [-0.4, -0.2) is 30.1 Å². The Bertz CT molecular complexity index is 434. The monoisotopic (exact) mass is 322 g/mol. The average molecular weight is 323 g/mol. The van der Waals surface area contributed by atoms with Gasteiger partial charge in [0.05, 0.1) is 0 Å². The zero-order valence-corrected chi connectivity index (χ0v) is 13.2. The number of hydrogen-bond donors (Lipinski definition) is 1. The second-order valence-corrected chi connectivity index (χ2v) is 6.87. The molecule has 3 rings (SSSR count). The van der Waals surface area contributed by atoms with Crippen LogP contribution in [-0.2, 0) is 6.54 Å². The maximum absolute atomic E-state index is 3.72. The normalized spacial score (nSPS) is 21.8. The largest absolute Gasteiger partial charge is 0.310 e. The highest BCUT2D eigenvalue weighted by molar-refractivity contribution is 9.10. The molecule has 1 aromatic carbocycles. The lowest BCUT2D eigenvalue weighted by molar-refractivity contribution is 0.189. The molecule has 104 valence electrons.